The van der Waals surface area contributed by atoms with Gasteiger partial charge in [0.2, 0.25) is 0 Å². The fourth-order valence-corrected chi connectivity index (χ4v) is 4.30. The summed E-state index contributed by atoms with van der Waals surface area (Å²) in [5.74, 6) is -0.203. The average Bonchev–Trinajstić information content (AvgIpc) is 2.80. The first-order valence-corrected chi connectivity index (χ1v) is 8.70. The minimum absolute atomic E-state index is 0.173. The molecule has 0 spiro atoms. The van der Waals surface area contributed by atoms with Crippen LogP contribution in [0.2, 0.25) is 0 Å². The van der Waals surface area contributed by atoms with Crippen LogP contribution in [0.1, 0.15) is 23.0 Å². The monoisotopic (exact) mass is 374 g/mol. The number of carbonyl (C=O) groups is 1. The SMILES string of the molecule is CC(=O)c1csc(NS(=O)(=O)c2cc(Br)ccc2C)n1. The predicted molar refractivity (Wildman–Crippen MR) is 81.8 cm³/mol. The van der Waals surface area contributed by atoms with Crippen LogP contribution in [-0.2, 0) is 10.0 Å². The van der Waals surface area contributed by atoms with Gasteiger partial charge in [-0.25, -0.2) is 13.4 Å². The molecule has 0 unspecified atom stereocenters. The van der Waals surface area contributed by atoms with Crippen LogP contribution in [0.25, 0.3) is 0 Å². The summed E-state index contributed by atoms with van der Waals surface area (Å²) < 4.78 is 27.7. The summed E-state index contributed by atoms with van der Waals surface area (Å²) in [5, 5.41) is 1.70. The molecule has 0 amide bonds. The lowest BCUT2D eigenvalue weighted by molar-refractivity contribution is 0.101. The van der Waals surface area contributed by atoms with E-state index in [9.17, 15) is 13.2 Å². The number of hydrogen-bond donors (Lipinski definition) is 1. The van der Waals surface area contributed by atoms with Crippen LogP contribution in [0.4, 0.5) is 5.13 Å². The van der Waals surface area contributed by atoms with Gasteiger partial charge in [0, 0.05) is 16.8 Å². The quantitative estimate of drug-likeness (QED) is 0.833. The van der Waals surface area contributed by atoms with Crippen molar-refractivity contribution >= 4 is 48.2 Å². The van der Waals surface area contributed by atoms with Gasteiger partial charge < -0.3 is 0 Å². The Morgan fingerprint density at radius 3 is 2.70 bits per heavy atom. The molecule has 0 atom stereocenters. The highest BCUT2D eigenvalue weighted by atomic mass is 79.9. The highest BCUT2D eigenvalue weighted by molar-refractivity contribution is 9.10. The number of aromatic nitrogens is 1. The number of benzene rings is 1. The zero-order valence-electron chi connectivity index (χ0n) is 10.7. The number of nitrogens with zero attached hydrogens (tertiary/aromatic N) is 1. The Bertz CT molecular complexity index is 769. The van der Waals surface area contributed by atoms with Crippen molar-refractivity contribution < 1.29 is 13.2 Å². The number of rotatable bonds is 4. The lowest BCUT2D eigenvalue weighted by Crippen LogP contribution is -2.14. The van der Waals surface area contributed by atoms with Gasteiger partial charge in [0.25, 0.3) is 10.0 Å². The Morgan fingerprint density at radius 1 is 1.40 bits per heavy atom. The number of sulfonamides is 1. The standard InChI is InChI=1S/C12H11BrN2O3S2/c1-7-3-4-9(13)5-11(7)20(17,18)15-12-14-10(6-19-12)8(2)16/h3-6H,1-2H3,(H,14,15). The number of aryl methyl sites for hydroxylation is 1. The largest absolute Gasteiger partial charge is 0.293 e. The number of hydrogen-bond acceptors (Lipinski definition) is 5. The predicted octanol–water partition coefficient (Wildman–Crippen LogP) is 3.22. The molecule has 0 fully saturated rings. The first-order chi connectivity index (χ1) is 9.29. The van der Waals surface area contributed by atoms with Gasteiger partial charge in [-0.15, -0.1) is 11.3 Å². The molecule has 0 aliphatic heterocycles. The maximum Gasteiger partial charge on any atom is 0.263 e. The first-order valence-electron chi connectivity index (χ1n) is 5.55. The van der Waals surface area contributed by atoms with Crippen molar-refractivity contribution in [1.29, 1.82) is 0 Å². The average molecular weight is 375 g/mol. The zero-order valence-corrected chi connectivity index (χ0v) is 13.9. The topological polar surface area (TPSA) is 76.1 Å². The zero-order chi connectivity index (χ0) is 14.9. The minimum Gasteiger partial charge on any atom is -0.293 e. The van der Waals surface area contributed by atoms with Crippen molar-refractivity contribution in [1.82, 2.24) is 4.98 Å². The Labute approximate surface area is 129 Å². The summed E-state index contributed by atoms with van der Waals surface area (Å²) in [5.41, 5.74) is 0.878. The second-order valence-electron chi connectivity index (χ2n) is 4.11. The molecule has 1 N–H and O–H groups in total. The van der Waals surface area contributed by atoms with E-state index in [0.717, 1.165) is 11.3 Å². The van der Waals surface area contributed by atoms with E-state index in [1.807, 2.05) is 0 Å². The van der Waals surface area contributed by atoms with Crippen molar-refractivity contribution in [2.75, 3.05) is 4.72 Å². The van der Waals surface area contributed by atoms with Crippen LogP contribution in [-0.4, -0.2) is 19.2 Å². The molecule has 0 saturated heterocycles. The summed E-state index contributed by atoms with van der Waals surface area (Å²) in [6.07, 6.45) is 0. The lowest BCUT2D eigenvalue weighted by Gasteiger charge is -2.08. The highest BCUT2D eigenvalue weighted by Crippen LogP contribution is 2.24. The summed E-state index contributed by atoms with van der Waals surface area (Å²) in [6.45, 7) is 3.09. The van der Waals surface area contributed by atoms with Crippen molar-refractivity contribution in [2.24, 2.45) is 0 Å². The van der Waals surface area contributed by atoms with Gasteiger partial charge in [-0.1, -0.05) is 22.0 Å². The van der Waals surface area contributed by atoms with Crippen LogP contribution in [0, 0.1) is 6.92 Å². The molecular formula is C12H11BrN2O3S2. The van der Waals surface area contributed by atoms with Gasteiger partial charge in [0.1, 0.15) is 5.69 Å². The molecule has 2 rings (SSSR count). The Balaban J connectivity index is 2.35. The van der Waals surface area contributed by atoms with E-state index < -0.39 is 10.0 Å². The van der Waals surface area contributed by atoms with Crippen molar-refractivity contribution in [3.8, 4) is 0 Å². The number of thiazole rings is 1. The van der Waals surface area contributed by atoms with E-state index in [4.69, 9.17) is 0 Å². The molecule has 20 heavy (non-hydrogen) atoms. The van der Waals surface area contributed by atoms with Crippen LogP contribution >= 0.6 is 27.3 Å². The molecule has 2 aromatic rings. The number of nitrogens with one attached hydrogen (secondary N) is 1. The fourth-order valence-electron chi connectivity index (χ4n) is 1.52. The molecule has 0 radical (unpaired) electrons. The Morgan fingerprint density at radius 2 is 2.10 bits per heavy atom. The van der Waals surface area contributed by atoms with Crippen molar-refractivity contribution in [2.45, 2.75) is 18.7 Å². The Kier molecular flexibility index (Phi) is 4.26. The summed E-state index contributed by atoms with van der Waals surface area (Å²) >= 11 is 4.32. The van der Waals surface area contributed by atoms with Crippen LogP contribution in [0.3, 0.4) is 0 Å². The van der Waals surface area contributed by atoms with E-state index in [1.165, 1.54) is 18.4 Å². The van der Waals surface area contributed by atoms with E-state index in [-0.39, 0.29) is 21.5 Å². The van der Waals surface area contributed by atoms with Gasteiger partial charge in [-0.05, 0) is 24.6 Å². The molecule has 106 valence electrons. The third-order valence-corrected chi connectivity index (χ3v) is 5.39. The van der Waals surface area contributed by atoms with E-state index in [0.29, 0.717) is 10.0 Å². The molecular weight excluding hydrogens is 364 g/mol. The minimum atomic E-state index is -3.72. The molecule has 1 aromatic heterocycles. The number of halogens is 1. The highest BCUT2D eigenvalue weighted by Gasteiger charge is 2.19. The van der Waals surface area contributed by atoms with Gasteiger partial charge in [-0.3, -0.25) is 9.52 Å². The van der Waals surface area contributed by atoms with Gasteiger partial charge in [0.05, 0.1) is 4.90 Å². The summed E-state index contributed by atoms with van der Waals surface area (Å²) in [7, 11) is -3.72. The van der Waals surface area contributed by atoms with Crippen molar-refractivity contribution in [3.63, 3.8) is 0 Å². The van der Waals surface area contributed by atoms with E-state index in [1.54, 1.807) is 19.1 Å². The molecule has 1 aromatic carbocycles. The smallest absolute Gasteiger partial charge is 0.263 e. The second kappa shape index (κ2) is 5.63. The van der Waals surface area contributed by atoms with E-state index in [2.05, 4.69) is 25.6 Å². The van der Waals surface area contributed by atoms with Crippen LogP contribution in [0.15, 0.2) is 32.9 Å². The molecule has 0 aliphatic carbocycles. The summed E-state index contributed by atoms with van der Waals surface area (Å²) in [6, 6.07) is 5.00. The van der Waals surface area contributed by atoms with Crippen LogP contribution in [0.5, 0.6) is 0 Å². The normalized spacial score (nSPS) is 11.3. The summed E-state index contributed by atoms with van der Waals surface area (Å²) in [4.78, 5) is 15.3. The molecule has 5 nitrogen and oxygen atoms in total. The Hall–Kier alpha value is -1.25. The van der Waals surface area contributed by atoms with Gasteiger partial charge >= 0.3 is 0 Å². The maximum absolute atomic E-state index is 12.3. The molecule has 0 saturated carbocycles. The maximum atomic E-state index is 12.3. The second-order valence-corrected chi connectivity index (χ2v) is 7.53. The molecule has 0 aliphatic rings. The van der Waals surface area contributed by atoms with Gasteiger partial charge in [0.15, 0.2) is 10.9 Å². The number of carbonyl (C=O) groups excluding carboxylic acids is 1. The first kappa shape index (κ1) is 15.1. The van der Waals surface area contributed by atoms with Gasteiger partial charge in [-0.2, -0.15) is 0 Å². The number of anilines is 1. The number of ketones is 1. The van der Waals surface area contributed by atoms with Crippen molar-refractivity contribution in [3.05, 3.63) is 39.3 Å². The van der Waals surface area contributed by atoms with Crippen LogP contribution < -0.4 is 4.72 Å². The fraction of sp³-hybridized carbons (Fsp3) is 0.167. The van der Waals surface area contributed by atoms with E-state index >= 15 is 0 Å². The third kappa shape index (κ3) is 3.25. The number of Topliss-reactive ketones (excluding diaryl/α,β-unsaturated/α-hetero) is 1. The third-order valence-electron chi connectivity index (χ3n) is 2.53. The molecule has 0 bridgehead atoms. The lowest BCUT2D eigenvalue weighted by atomic mass is 10.2. The molecule has 8 heteroatoms. The molecule has 1 heterocycles.